The highest BCUT2D eigenvalue weighted by Gasteiger charge is 2.06. The lowest BCUT2D eigenvalue weighted by atomic mass is 10.2. The predicted octanol–water partition coefficient (Wildman–Crippen LogP) is 3.81. The van der Waals surface area contributed by atoms with Gasteiger partial charge in [-0.15, -0.1) is 0 Å². The molecule has 0 aromatic heterocycles. The van der Waals surface area contributed by atoms with E-state index in [0.29, 0.717) is 10.6 Å². The van der Waals surface area contributed by atoms with E-state index in [4.69, 9.17) is 16.3 Å². The van der Waals surface area contributed by atoms with E-state index in [9.17, 15) is 18.4 Å². The average molecular weight is 396 g/mol. The first-order valence-corrected chi connectivity index (χ1v) is 8.21. The molecule has 0 atom stereocenters. The predicted molar refractivity (Wildman–Crippen MR) is 96.4 cm³/mol. The van der Waals surface area contributed by atoms with Gasteiger partial charge in [0, 0.05) is 17.6 Å². The van der Waals surface area contributed by atoms with E-state index >= 15 is 0 Å². The Hall–Kier alpha value is -2.93. The van der Waals surface area contributed by atoms with Crippen LogP contribution in [0.25, 0.3) is 6.08 Å². The Morgan fingerprint density at radius 3 is 2.37 bits per heavy atom. The lowest BCUT2D eigenvalue weighted by molar-refractivity contribution is -0.143. The monoisotopic (exact) mass is 395 g/mol. The third kappa shape index (κ3) is 7.87. The van der Waals surface area contributed by atoms with E-state index in [1.165, 1.54) is 30.3 Å². The van der Waals surface area contributed by atoms with Gasteiger partial charge in [-0.3, -0.25) is 4.79 Å². The Morgan fingerprint density at radius 2 is 1.74 bits per heavy atom. The number of carbonyl (C=O) groups is 2. The summed E-state index contributed by atoms with van der Waals surface area (Å²) in [4.78, 5) is 23.3. The molecule has 0 bridgehead atoms. The van der Waals surface area contributed by atoms with Gasteiger partial charge < -0.3 is 14.8 Å². The third-order valence-electron chi connectivity index (χ3n) is 3.27. The highest BCUT2D eigenvalue weighted by molar-refractivity contribution is 6.30. The Morgan fingerprint density at radius 1 is 1.07 bits per heavy atom. The maximum Gasteiger partial charge on any atom is 0.387 e. The number of rotatable bonds is 8. The molecule has 142 valence electrons. The first-order chi connectivity index (χ1) is 12.9. The van der Waals surface area contributed by atoms with Crippen LogP contribution in [-0.2, 0) is 20.9 Å². The van der Waals surface area contributed by atoms with Crippen molar-refractivity contribution in [1.82, 2.24) is 5.32 Å². The molecule has 0 heterocycles. The van der Waals surface area contributed by atoms with Gasteiger partial charge in [0.05, 0.1) is 0 Å². The maximum atomic E-state index is 12.1. The summed E-state index contributed by atoms with van der Waals surface area (Å²) in [6.07, 6.45) is 2.57. The Labute approximate surface area is 159 Å². The Bertz CT molecular complexity index is 792. The second kappa shape index (κ2) is 10.3. The number of benzene rings is 2. The Kier molecular flexibility index (Phi) is 7.76. The van der Waals surface area contributed by atoms with Gasteiger partial charge in [-0.1, -0.05) is 35.9 Å². The van der Waals surface area contributed by atoms with Crippen LogP contribution < -0.4 is 10.1 Å². The largest absolute Gasteiger partial charge is 0.452 e. The molecule has 0 aliphatic carbocycles. The molecule has 0 saturated carbocycles. The highest BCUT2D eigenvalue weighted by Crippen LogP contribution is 2.15. The summed E-state index contributed by atoms with van der Waals surface area (Å²) in [6.45, 7) is -3.03. The molecule has 0 fully saturated rings. The summed E-state index contributed by atoms with van der Waals surface area (Å²) in [7, 11) is 0. The smallest absolute Gasteiger partial charge is 0.387 e. The van der Waals surface area contributed by atoms with Crippen molar-refractivity contribution in [2.24, 2.45) is 0 Å². The fraction of sp³-hybridized carbons (Fsp3) is 0.158. The molecule has 27 heavy (non-hydrogen) atoms. The van der Waals surface area contributed by atoms with Crippen molar-refractivity contribution < 1.29 is 27.8 Å². The van der Waals surface area contributed by atoms with Gasteiger partial charge in [0.1, 0.15) is 5.75 Å². The summed E-state index contributed by atoms with van der Waals surface area (Å²) in [5.74, 6) is -1.13. The number of hydrogen-bond donors (Lipinski definition) is 1. The van der Waals surface area contributed by atoms with Crippen molar-refractivity contribution in [3.8, 4) is 5.75 Å². The standard InChI is InChI=1S/C19H16ClF2NO4/c20-15-6-1-14(2-7-15)11-23-17(24)12-26-18(25)10-5-13-3-8-16(9-4-13)27-19(21)22/h1-10,19H,11-12H2,(H,23,24)/b10-5+. The average Bonchev–Trinajstić information content (AvgIpc) is 2.65. The van der Waals surface area contributed by atoms with Gasteiger partial charge in [0.15, 0.2) is 6.61 Å². The van der Waals surface area contributed by atoms with E-state index in [2.05, 4.69) is 10.1 Å². The number of esters is 1. The minimum atomic E-state index is -2.90. The molecule has 0 unspecified atom stereocenters. The molecule has 8 heteroatoms. The van der Waals surface area contributed by atoms with Crippen LogP contribution in [0.15, 0.2) is 54.6 Å². The lowest BCUT2D eigenvalue weighted by Crippen LogP contribution is -2.28. The van der Waals surface area contributed by atoms with Crippen molar-refractivity contribution in [2.45, 2.75) is 13.2 Å². The van der Waals surface area contributed by atoms with E-state index < -0.39 is 25.1 Å². The van der Waals surface area contributed by atoms with E-state index in [1.807, 2.05) is 0 Å². The first kappa shape index (κ1) is 20.4. The van der Waals surface area contributed by atoms with Crippen LogP contribution in [0.5, 0.6) is 5.75 Å². The van der Waals surface area contributed by atoms with Crippen molar-refractivity contribution in [1.29, 1.82) is 0 Å². The highest BCUT2D eigenvalue weighted by atomic mass is 35.5. The van der Waals surface area contributed by atoms with Crippen molar-refractivity contribution in [3.05, 3.63) is 70.8 Å². The molecule has 2 aromatic rings. The molecular formula is C19H16ClF2NO4. The van der Waals surface area contributed by atoms with Crippen LogP contribution in [0.3, 0.4) is 0 Å². The van der Waals surface area contributed by atoms with Crippen molar-refractivity contribution in [2.75, 3.05) is 6.61 Å². The molecule has 2 rings (SSSR count). The number of halogens is 3. The van der Waals surface area contributed by atoms with E-state index in [1.54, 1.807) is 24.3 Å². The van der Waals surface area contributed by atoms with Crippen LogP contribution in [0, 0.1) is 0 Å². The molecule has 0 radical (unpaired) electrons. The third-order valence-corrected chi connectivity index (χ3v) is 3.52. The fourth-order valence-corrected chi connectivity index (χ4v) is 2.09. The van der Waals surface area contributed by atoms with Gasteiger partial charge in [-0.25, -0.2) is 4.79 Å². The van der Waals surface area contributed by atoms with Gasteiger partial charge in [-0.05, 0) is 41.5 Å². The van der Waals surface area contributed by atoms with Crippen molar-refractivity contribution in [3.63, 3.8) is 0 Å². The van der Waals surface area contributed by atoms with Crippen molar-refractivity contribution >= 4 is 29.6 Å². The minimum absolute atomic E-state index is 0.0158. The second-order valence-electron chi connectivity index (χ2n) is 5.29. The van der Waals surface area contributed by atoms with Gasteiger partial charge >= 0.3 is 12.6 Å². The molecule has 1 amide bonds. The topological polar surface area (TPSA) is 64.6 Å². The second-order valence-corrected chi connectivity index (χ2v) is 5.73. The minimum Gasteiger partial charge on any atom is -0.452 e. The SMILES string of the molecule is O=C(COC(=O)/C=C/c1ccc(OC(F)F)cc1)NCc1ccc(Cl)cc1. The number of amides is 1. The molecule has 0 saturated heterocycles. The van der Waals surface area contributed by atoms with Crippen LogP contribution in [-0.4, -0.2) is 25.1 Å². The summed E-state index contributed by atoms with van der Waals surface area (Å²) >= 11 is 5.77. The molecule has 2 aromatic carbocycles. The molecule has 5 nitrogen and oxygen atoms in total. The molecular weight excluding hydrogens is 380 g/mol. The number of carbonyl (C=O) groups excluding carboxylic acids is 2. The summed E-state index contributed by atoms with van der Waals surface area (Å²) < 4.78 is 33.2. The summed E-state index contributed by atoms with van der Waals surface area (Å²) in [6, 6.07) is 12.7. The zero-order valence-electron chi connectivity index (χ0n) is 14.0. The van der Waals surface area contributed by atoms with Crippen LogP contribution >= 0.6 is 11.6 Å². The summed E-state index contributed by atoms with van der Waals surface area (Å²) in [5.41, 5.74) is 1.44. The van der Waals surface area contributed by atoms with E-state index in [-0.39, 0.29) is 12.3 Å². The summed E-state index contributed by atoms with van der Waals surface area (Å²) in [5, 5.41) is 3.21. The quantitative estimate of drug-likeness (QED) is 0.545. The maximum absolute atomic E-state index is 12.1. The van der Waals surface area contributed by atoms with Gasteiger partial charge in [0.2, 0.25) is 0 Å². The number of hydrogen-bond acceptors (Lipinski definition) is 4. The van der Waals surface area contributed by atoms with Gasteiger partial charge in [0.25, 0.3) is 5.91 Å². The molecule has 0 spiro atoms. The number of ether oxygens (including phenoxy) is 2. The van der Waals surface area contributed by atoms with Crippen LogP contribution in [0.1, 0.15) is 11.1 Å². The number of nitrogens with one attached hydrogen (secondary N) is 1. The fourth-order valence-electron chi connectivity index (χ4n) is 1.96. The number of alkyl halides is 2. The zero-order chi connectivity index (χ0) is 19.6. The lowest BCUT2D eigenvalue weighted by Gasteiger charge is -2.06. The molecule has 0 aliphatic rings. The zero-order valence-corrected chi connectivity index (χ0v) is 14.8. The first-order valence-electron chi connectivity index (χ1n) is 7.83. The van der Waals surface area contributed by atoms with Crippen LogP contribution in [0.4, 0.5) is 8.78 Å². The van der Waals surface area contributed by atoms with Gasteiger partial charge in [-0.2, -0.15) is 8.78 Å². The van der Waals surface area contributed by atoms with E-state index in [0.717, 1.165) is 11.6 Å². The Balaban J connectivity index is 1.72. The molecule has 1 N–H and O–H groups in total. The normalized spacial score (nSPS) is 10.8. The molecule has 0 aliphatic heterocycles. The van der Waals surface area contributed by atoms with Crippen LogP contribution in [0.2, 0.25) is 5.02 Å².